The lowest BCUT2D eigenvalue weighted by Gasteiger charge is -2.50. The number of nitrogens with zero attached hydrogens (tertiary/aromatic N) is 4. The van der Waals surface area contributed by atoms with E-state index < -0.39 is 0 Å². The van der Waals surface area contributed by atoms with Crippen LogP contribution >= 0.6 is 0 Å². The molecule has 1 aromatic carbocycles. The van der Waals surface area contributed by atoms with Gasteiger partial charge in [0.15, 0.2) is 5.82 Å². The lowest BCUT2D eigenvalue weighted by molar-refractivity contribution is 0.0305. The second-order valence-corrected chi connectivity index (χ2v) is 9.31. The first-order valence-corrected chi connectivity index (χ1v) is 11.8. The summed E-state index contributed by atoms with van der Waals surface area (Å²) in [6.45, 7) is 7.50. The Morgan fingerprint density at radius 1 is 0.933 bits per heavy atom. The van der Waals surface area contributed by atoms with Crippen molar-refractivity contribution in [2.75, 3.05) is 37.7 Å². The van der Waals surface area contributed by atoms with Gasteiger partial charge < -0.3 is 14.5 Å². The Morgan fingerprint density at radius 3 is 2.30 bits per heavy atom. The van der Waals surface area contributed by atoms with E-state index in [-0.39, 0.29) is 0 Å². The minimum absolute atomic E-state index is 0.570. The molecule has 2 aromatic rings. The number of para-hydroxylation sites is 1. The molecular formula is C25H34N4O. The first-order chi connectivity index (χ1) is 14.8. The van der Waals surface area contributed by atoms with E-state index in [4.69, 9.17) is 4.74 Å². The fourth-order valence-corrected chi connectivity index (χ4v) is 5.42. The molecule has 1 aromatic heterocycles. The Bertz CT molecular complexity index is 830. The molecule has 160 valence electrons. The largest absolute Gasteiger partial charge is 0.493 e. The molecule has 2 saturated heterocycles. The third kappa shape index (κ3) is 3.92. The number of benzene rings is 1. The van der Waals surface area contributed by atoms with Gasteiger partial charge in [-0.1, -0.05) is 18.6 Å². The zero-order valence-corrected chi connectivity index (χ0v) is 18.2. The van der Waals surface area contributed by atoms with E-state index in [1.54, 1.807) is 0 Å². The number of aromatic nitrogens is 2. The van der Waals surface area contributed by atoms with E-state index in [0.29, 0.717) is 12.0 Å². The fourth-order valence-electron chi connectivity index (χ4n) is 5.42. The normalized spacial score (nSPS) is 22.1. The molecule has 2 aliphatic heterocycles. The Balaban J connectivity index is 1.20. The highest BCUT2D eigenvalue weighted by molar-refractivity contribution is 5.67. The van der Waals surface area contributed by atoms with Gasteiger partial charge in [-0.3, -0.25) is 0 Å². The summed E-state index contributed by atoms with van der Waals surface area (Å²) in [4.78, 5) is 5.19. The highest BCUT2D eigenvalue weighted by atomic mass is 16.5. The number of ether oxygens (including phenoxy) is 1. The van der Waals surface area contributed by atoms with Crippen LogP contribution in [0.25, 0.3) is 11.3 Å². The van der Waals surface area contributed by atoms with Crippen LogP contribution in [0.4, 0.5) is 5.82 Å². The van der Waals surface area contributed by atoms with Crippen LogP contribution < -0.4 is 9.64 Å². The van der Waals surface area contributed by atoms with Gasteiger partial charge in [-0.25, -0.2) is 0 Å². The molecule has 0 radical (unpaired) electrons. The molecule has 1 spiro atoms. The van der Waals surface area contributed by atoms with Crippen LogP contribution in [0.1, 0.15) is 51.9 Å². The van der Waals surface area contributed by atoms with E-state index in [1.165, 1.54) is 58.0 Å². The quantitative estimate of drug-likeness (QED) is 0.715. The zero-order valence-electron chi connectivity index (χ0n) is 18.2. The Kier molecular flexibility index (Phi) is 5.64. The summed E-state index contributed by atoms with van der Waals surface area (Å²) in [5, 5.41) is 9.12. The maximum Gasteiger partial charge on any atom is 0.151 e. The third-order valence-corrected chi connectivity index (χ3v) is 7.71. The summed E-state index contributed by atoms with van der Waals surface area (Å²) in [6.07, 6.45) is 9.67. The van der Waals surface area contributed by atoms with Gasteiger partial charge in [0.05, 0.1) is 12.3 Å². The van der Waals surface area contributed by atoms with Crippen molar-refractivity contribution in [2.45, 2.75) is 57.9 Å². The predicted octanol–water partition coefficient (Wildman–Crippen LogP) is 4.78. The molecular weight excluding hydrogens is 372 g/mol. The monoisotopic (exact) mass is 406 g/mol. The SMILES string of the molecule is CCOc1ccccc1-c1ccc(N2CCC3(CC2)CCN(C2CCC2)CC3)nn1. The summed E-state index contributed by atoms with van der Waals surface area (Å²) in [7, 11) is 0. The fraction of sp³-hybridized carbons (Fsp3) is 0.600. The molecule has 0 atom stereocenters. The molecule has 3 aliphatic rings. The number of anilines is 1. The number of piperidine rings is 2. The first kappa shape index (κ1) is 19.8. The van der Waals surface area contributed by atoms with Gasteiger partial charge in [-0.2, -0.15) is 0 Å². The highest BCUT2D eigenvalue weighted by Gasteiger charge is 2.39. The molecule has 1 saturated carbocycles. The number of rotatable bonds is 5. The predicted molar refractivity (Wildman–Crippen MR) is 121 cm³/mol. The van der Waals surface area contributed by atoms with Crippen LogP contribution in [0.3, 0.4) is 0 Å². The summed E-state index contributed by atoms with van der Waals surface area (Å²) < 4.78 is 5.75. The summed E-state index contributed by atoms with van der Waals surface area (Å²) in [6, 6.07) is 13.2. The first-order valence-electron chi connectivity index (χ1n) is 11.8. The maximum atomic E-state index is 5.75. The van der Waals surface area contributed by atoms with Gasteiger partial charge in [-0.15, -0.1) is 10.2 Å². The van der Waals surface area contributed by atoms with Crippen LogP contribution in [0.15, 0.2) is 36.4 Å². The van der Waals surface area contributed by atoms with Gasteiger partial charge >= 0.3 is 0 Å². The number of hydrogen-bond donors (Lipinski definition) is 0. The summed E-state index contributed by atoms with van der Waals surface area (Å²) >= 11 is 0. The molecule has 0 bridgehead atoms. The standard InChI is InChI=1S/C25H34N4O/c1-2-30-23-9-4-3-8-21(23)22-10-11-24(27-26-22)29-18-14-25(15-19-29)12-16-28(17-13-25)20-6-5-7-20/h3-4,8-11,20H,2,5-7,12-19H2,1H3. The van der Waals surface area contributed by atoms with Crippen LogP contribution in [0.2, 0.25) is 0 Å². The lowest BCUT2D eigenvalue weighted by atomic mass is 9.70. The average molecular weight is 407 g/mol. The van der Waals surface area contributed by atoms with Crippen LogP contribution in [-0.4, -0.2) is 53.9 Å². The van der Waals surface area contributed by atoms with Crippen LogP contribution in [0.5, 0.6) is 5.75 Å². The van der Waals surface area contributed by atoms with Gasteiger partial charge in [0.1, 0.15) is 5.75 Å². The molecule has 3 heterocycles. The minimum atomic E-state index is 0.570. The van der Waals surface area contributed by atoms with E-state index in [9.17, 15) is 0 Å². The molecule has 3 fully saturated rings. The van der Waals surface area contributed by atoms with Crippen molar-refractivity contribution in [3.63, 3.8) is 0 Å². The van der Waals surface area contributed by atoms with Crippen molar-refractivity contribution in [1.82, 2.24) is 15.1 Å². The topological polar surface area (TPSA) is 41.5 Å². The van der Waals surface area contributed by atoms with Crippen molar-refractivity contribution in [3.8, 4) is 17.0 Å². The Hall–Kier alpha value is -2.14. The Morgan fingerprint density at radius 2 is 1.67 bits per heavy atom. The molecule has 0 N–H and O–H groups in total. The van der Waals surface area contributed by atoms with Crippen molar-refractivity contribution >= 4 is 5.82 Å². The van der Waals surface area contributed by atoms with Crippen LogP contribution in [-0.2, 0) is 0 Å². The van der Waals surface area contributed by atoms with Crippen molar-refractivity contribution in [2.24, 2.45) is 5.41 Å². The molecule has 5 rings (SSSR count). The molecule has 30 heavy (non-hydrogen) atoms. The van der Waals surface area contributed by atoms with Crippen LogP contribution in [0, 0.1) is 5.41 Å². The Labute approximate surface area is 180 Å². The minimum Gasteiger partial charge on any atom is -0.493 e. The second-order valence-electron chi connectivity index (χ2n) is 9.31. The second kappa shape index (κ2) is 8.54. The summed E-state index contributed by atoms with van der Waals surface area (Å²) in [5.74, 6) is 1.88. The van der Waals surface area contributed by atoms with E-state index >= 15 is 0 Å². The van der Waals surface area contributed by atoms with Crippen molar-refractivity contribution in [3.05, 3.63) is 36.4 Å². The lowest BCUT2D eigenvalue weighted by Crippen LogP contribution is -2.51. The molecule has 1 aliphatic carbocycles. The molecule has 5 nitrogen and oxygen atoms in total. The molecule has 5 heteroatoms. The zero-order chi connectivity index (χ0) is 20.4. The van der Waals surface area contributed by atoms with Crippen molar-refractivity contribution < 1.29 is 4.74 Å². The number of likely N-dealkylation sites (tertiary alicyclic amines) is 1. The maximum absolute atomic E-state index is 5.75. The van der Waals surface area contributed by atoms with E-state index in [0.717, 1.165) is 42.0 Å². The summed E-state index contributed by atoms with van der Waals surface area (Å²) in [5.41, 5.74) is 2.45. The third-order valence-electron chi connectivity index (χ3n) is 7.71. The van der Waals surface area contributed by atoms with Gasteiger partial charge in [0.25, 0.3) is 0 Å². The molecule has 0 amide bonds. The van der Waals surface area contributed by atoms with Gasteiger partial charge in [0.2, 0.25) is 0 Å². The smallest absolute Gasteiger partial charge is 0.151 e. The van der Waals surface area contributed by atoms with Gasteiger partial charge in [-0.05, 0) is 88.2 Å². The van der Waals surface area contributed by atoms with Gasteiger partial charge in [0, 0.05) is 24.7 Å². The van der Waals surface area contributed by atoms with E-state index in [1.807, 2.05) is 25.1 Å². The number of hydrogen-bond acceptors (Lipinski definition) is 5. The highest BCUT2D eigenvalue weighted by Crippen LogP contribution is 2.43. The van der Waals surface area contributed by atoms with E-state index in [2.05, 4.69) is 38.2 Å². The van der Waals surface area contributed by atoms with Crippen molar-refractivity contribution in [1.29, 1.82) is 0 Å². The average Bonchev–Trinajstić information content (AvgIpc) is 2.76. The molecule has 0 unspecified atom stereocenters.